The highest BCUT2D eigenvalue weighted by atomic mass is 16.5. The second kappa shape index (κ2) is 8.94. The van der Waals surface area contributed by atoms with Crippen molar-refractivity contribution >= 4 is 16.7 Å². The van der Waals surface area contributed by atoms with Gasteiger partial charge >= 0.3 is 23.0 Å². The molecule has 3 rings (SSSR count). The van der Waals surface area contributed by atoms with E-state index in [1.54, 1.807) is 32.9 Å². The molecule has 30 heavy (non-hydrogen) atoms. The van der Waals surface area contributed by atoms with Crippen molar-refractivity contribution in [2.45, 2.75) is 52.9 Å². The van der Waals surface area contributed by atoms with Crippen molar-refractivity contribution < 1.29 is 9.53 Å². The van der Waals surface area contributed by atoms with Crippen LogP contribution >= 0.6 is 0 Å². The highest BCUT2D eigenvalue weighted by Crippen LogP contribution is 2.20. The molecule has 0 bridgehead atoms. The Hall–Kier alpha value is -3.42. The molecule has 1 atom stereocenters. The van der Waals surface area contributed by atoms with E-state index >= 15 is 0 Å². The fourth-order valence-corrected chi connectivity index (χ4v) is 3.45. The van der Waals surface area contributed by atoms with E-state index in [4.69, 9.17) is 4.74 Å². The molecule has 8 heteroatoms. The van der Waals surface area contributed by atoms with Gasteiger partial charge in [-0.15, -0.1) is 0 Å². The maximum absolute atomic E-state index is 12.8. The van der Waals surface area contributed by atoms with Gasteiger partial charge in [-0.05, 0) is 37.1 Å². The number of fused-ring (bicyclic) bond motifs is 1. The summed E-state index contributed by atoms with van der Waals surface area (Å²) < 4.78 is 8.63. The Morgan fingerprint density at radius 3 is 2.00 bits per heavy atom. The van der Waals surface area contributed by atoms with E-state index < -0.39 is 29.1 Å². The summed E-state index contributed by atoms with van der Waals surface area (Å²) in [7, 11) is 0. The molecule has 0 aliphatic rings. The lowest BCUT2D eigenvalue weighted by Crippen LogP contribution is -2.55. The summed E-state index contributed by atoms with van der Waals surface area (Å²) in [6.07, 6.45) is -0.297. The smallest absolute Gasteiger partial charge is 0.339 e. The van der Waals surface area contributed by atoms with Gasteiger partial charge in [0.15, 0.2) is 0 Å². The van der Waals surface area contributed by atoms with Crippen LogP contribution in [-0.2, 0) is 24.4 Å². The van der Waals surface area contributed by atoms with Gasteiger partial charge < -0.3 is 4.74 Å². The molecule has 3 aromatic rings. The fourth-order valence-electron chi connectivity index (χ4n) is 3.45. The third-order valence-electron chi connectivity index (χ3n) is 5.14. The summed E-state index contributed by atoms with van der Waals surface area (Å²) >= 11 is 0. The number of esters is 1. The number of hydrogen-bond donors (Lipinski definition) is 0. The molecule has 0 N–H and O–H groups in total. The van der Waals surface area contributed by atoms with Crippen LogP contribution in [0.1, 0.15) is 37.6 Å². The second-order valence-electron chi connectivity index (χ2n) is 6.91. The first-order valence-electron chi connectivity index (χ1n) is 10.1. The predicted molar refractivity (Wildman–Crippen MR) is 114 cm³/mol. The van der Waals surface area contributed by atoms with Crippen molar-refractivity contribution in [3.63, 3.8) is 0 Å². The molecular weight excluding hydrogens is 386 g/mol. The van der Waals surface area contributed by atoms with Crippen LogP contribution in [0, 0.1) is 0 Å². The summed E-state index contributed by atoms with van der Waals surface area (Å²) in [4.78, 5) is 50.5. The first-order chi connectivity index (χ1) is 14.4. The molecule has 0 aliphatic heterocycles. The van der Waals surface area contributed by atoms with E-state index in [0.29, 0.717) is 12.0 Å². The molecule has 0 amide bonds. The van der Waals surface area contributed by atoms with Crippen LogP contribution in [0.2, 0.25) is 0 Å². The highest BCUT2D eigenvalue weighted by molar-refractivity contribution is 6.04. The molecule has 0 spiro atoms. The molecule has 0 fully saturated rings. The minimum absolute atomic E-state index is 0.120. The van der Waals surface area contributed by atoms with Gasteiger partial charge in [-0.25, -0.2) is 32.9 Å². The van der Waals surface area contributed by atoms with Crippen molar-refractivity contribution in [3.8, 4) is 0 Å². The van der Waals surface area contributed by atoms with Crippen LogP contribution in [0.15, 0.2) is 56.8 Å². The summed E-state index contributed by atoms with van der Waals surface area (Å²) in [6, 6.07) is 12.9. The summed E-state index contributed by atoms with van der Waals surface area (Å²) in [5.41, 5.74) is -1.61. The van der Waals surface area contributed by atoms with Crippen molar-refractivity contribution in [1.29, 1.82) is 0 Å². The Morgan fingerprint density at radius 1 is 0.833 bits per heavy atom. The average molecular weight is 411 g/mol. The van der Waals surface area contributed by atoms with E-state index in [-0.39, 0.29) is 19.6 Å². The van der Waals surface area contributed by atoms with Crippen LogP contribution in [0.3, 0.4) is 0 Å². The minimum atomic E-state index is -0.699. The standard InChI is InChI=1S/C22H25N3O5/c1-4-16(14-25-21(28)23(5-2)20(27)24(6-3)22(25)29)30-19(26)18-13-9-11-15-10-7-8-12-17(15)18/h7-13,16H,4-6,14H2,1-3H3. The predicted octanol–water partition coefficient (Wildman–Crippen LogP) is 2.00. The number of benzene rings is 2. The highest BCUT2D eigenvalue weighted by Gasteiger charge is 2.21. The molecule has 1 aromatic heterocycles. The quantitative estimate of drug-likeness (QED) is 0.555. The molecular formula is C22H25N3O5. The van der Waals surface area contributed by atoms with Gasteiger partial charge in [0.2, 0.25) is 0 Å². The van der Waals surface area contributed by atoms with Crippen molar-refractivity contribution in [3.05, 3.63) is 79.5 Å². The Morgan fingerprint density at radius 2 is 1.40 bits per heavy atom. The van der Waals surface area contributed by atoms with E-state index in [1.807, 2.05) is 30.3 Å². The summed E-state index contributed by atoms with van der Waals surface area (Å²) in [5, 5.41) is 1.68. The number of hydrogen-bond acceptors (Lipinski definition) is 5. The van der Waals surface area contributed by atoms with Crippen molar-refractivity contribution in [2.75, 3.05) is 0 Å². The third kappa shape index (κ3) is 3.85. The Kier molecular flexibility index (Phi) is 6.34. The van der Waals surface area contributed by atoms with Crippen LogP contribution in [0.4, 0.5) is 0 Å². The zero-order chi connectivity index (χ0) is 21.8. The number of ether oxygens (including phenoxy) is 1. The van der Waals surface area contributed by atoms with Crippen molar-refractivity contribution in [2.24, 2.45) is 0 Å². The number of carbonyl (C=O) groups excluding carboxylic acids is 1. The maximum atomic E-state index is 12.8. The molecule has 2 aromatic carbocycles. The first-order valence-corrected chi connectivity index (χ1v) is 10.1. The van der Waals surface area contributed by atoms with Gasteiger partial charge in [-0.2, -0.15) is 0 Å². The van der Waals surface area contributed by atoms with E-state index in [9.17, 15) is 19.2 Å². The lowest BCUT2D eigenvalue weighted by atomic mass is 10.0. The van der Waals surface area contributed by atoms with Crippen molar-refractivity contribution in [1.82, 2.24) is 13.7 Å². The Bertz CT molecular complexity index is 1200. The second-order valence-corrected chi connectivity index (χ2v) is 6.91. The maximum Gasteiger partial charge on any atom is 0.339 e. The van der Waals surface area contributed by atoms with E-state index in [2.05, 4.69) is 0 Å². The SMILES string of the molecule is CCC(Cn1c(=O)n(CC)c(=O)n(CC)c1=O)OC(=O)c1cccc2ccccc12. The number of carbonyl (C=O) groups is 1. The molecule has 0 saturated heterocycles. The minimum Gasteiger partial charge on any atom is -0.457 e. The third-order valence-corrected chi connectivity index (χ3v) is 5.14. The lowest BCUT2D eigenvalue weighted by Gasteiger charge is -2.19. The first kappa shape index (κ1) is 21.3. The molecule has 0 radical (unpaired) electrons. The van der Waals surface area contributed by atoms with Crippen LogP contribution < -0.4 is 17.1 Å². The molecule has 1 unspecified atom stereocenters. The van der Waals surface area contributed by atoms with Gasteiger partial charge in [0.1, 0.15) is 6.10 Å². The Labute approximate surface area is 173 Å². The van der Waals surface area contributed by atoms with E-state index in [0.717, 1.165) is 24.5 Å². The Balaban J connectivity index is 1.95. The normalized spacial score (nSPS) is 12.1. The molecule has 158 valence electrons. The number of rotatable bonds is 7. The van der Waals surface area contributed by atoms with Crippen LogP contribution in [0.5, 0.6) is 0 Å². The number of nitrogens with zero attached hydrogens (tertiary/aromatic N) is 3. The topological polar surface area (TPSA) is 92.3 Å². The monoisotopic (exact) mass is 411 g/mol. The van der Waals surface area contributed by atoms with Gasteiger partial charge in [0.05, 0.1) is 12.1 Å². The van der Waals surface area contributed by atoms with E-state index in [1.165, 1.54) is 0 Å². The van der Waals surface area contributed by atoms with Gasteiger partial charge in [0.25, 0.3) is 0 Å². The molecule has 8 nitrogen and oxygen atoms in total. The fraction of sp³-hybridized carbons (Fsp3) is 0.364. The zero-order valence-electron chi connectivity index (χ0n) is 17.3. The van der Waals surface area contributed by atoms with Crippen LogP contribution in [0.25, 0.3) is 10.8 Å². The summed E-state index contributed by atoms with van der Waals surface area (Å²) in [6.45, 7) is 5.30. The average Bonchev–Trinajstić information content (AvgIpc) is 2.76. The van der Waals surface area contributed by atoms with Gasteiger partial charge in [-0.3, -0.25) is 0 Å². The molecule has 1 heterocycles. The molecule has 0 saturated carbocycles. The molecule has 0 aliphatic carbocycles. The number of aromatic nitrogens is 3. The lowest BCUT2D eigenvalue weighted by molar-refractivity contribution is 0.0244. The van der Waals surface area contributed by atoms with Crippen LogP contribution in [-0.4, -0.2) is 25.8 Å². The van der Waals surface area contributed by atoms with Gasteiger partial charge in [-0.1, -0.05) is 43.3 Å². The zero-order valence-corrected chi connectivity index (χ0v) is 17.3. The van der Waals surface area contributed by atoms with Gasteiger partial charge in [0, 0.05) is 13.1 Å². The summed E-state index contributed by atoms with van der Waals surface area (Å²) in [5.74, 6) is -0.522. The largest absolute Gasteiger partial charge is 0.457 e.